The third-order valence-corrected chi connectivity index (χ3v) is 10.0. The van der Waals surface area contributed by atoms with Crippen LogP contribution in [0.2, 0.25) is 0 Å². The number of aromatic nitrogens is 2. The Bertz CT molecular complexity index is 727. The first-order chi connectivity index (χ1) is 14.0. The fourth-order valence-corrected chi connectivity index (χ4v) is 8.19. The van der Waals surface area contributed by atoms with Gasteiger partial charge in [0.15, 0.2) is 0 Å². The molecule has 0 amide bonds. The summed E-state index contributed by atoms with van der Waals surface area (Å²) in [7, 11) is 0. The van der Waals surface area contributed by atoms with Crippen molar-refractivity contribution in [2.75, 3.05) is 6.61 Å². The van der Waals surface area contributed by atoms with Crippen molar-refractivity contribution in [3.63, 3.8) is 0 Å². The number of ether oxygens (including phenoxy) is 1. The van der Waals surface area contributed by atoms with Gasteiger partial charge >= 0.3 is 0 Å². The lowest BCUT2D eigenvalue weighted by molar-refractivity contribution is -0.126. The van der Waals surface area contributed by atoms with E-state index in [0.717, 1.165) is 43.2 Å². The molecule has 5 rings (SSSR count). The topological polar surface area (TPSA) is 27.1 Å². The Morgan fingerprint density at radius 2 is 2.03 bits per heavy atom. The van der Waals surface area contributed by atoms with Crippen molar-refractivity contribution in [2.24, 2.45) is 34.5 Å². The van der Waals surface area contributed by atoms with Crippen LogP contribution >= 0.6 is 0 Å². The van der Waals surface area contributed by atoms with Crippen LogP contribution in [0.1, 0.15) is 78.1 Å². The minimum absolute atomic E-state index is 0.458. The van der Waals surface area contributed by atoms with E-state index < -0.39 is 0 Å². The number of hydrogen-bond donors (Lipinski definition) is 0. The molecule has 1 heterocycles. The third kappa shape index (κ3) is 3.32. The summed E-state index contributed by atoms with van der Waals surface area (Å²) in [4.78, 5) is 4.12. The zero-order valence-corrected chi connectivity index (χ0v) is 18.6. The second-order valence-corrected chi connectivity index (χ2v) is 11.2. The molecule has 4 fully saturated rings. The number of hydrogen-bond acceptors (Lipinski definition) is 2. The smallest absolute Gasteiger partial charge is 0.0945 e. The molecule has 1 aromatic heterocycles. The van der Waals surface area contributed by atoms with Gasteiger partial charge in [0.1, 0.15) is 0 Å². The van der Waals surface area contributed by atoms with Gasteiger partial charge in [0.25, 0.3) is 0 Å². The number of fused-ring (bicyclic) bond motifs is 5. The number of aryl methyl sites for hydroxylation is 1. The van der Waals surface area contributed by atoms with E-state index in [4.69, 9.17) is 4.74 Å². The second kappa shape index (κ2) is 7.55. The maximum Gasteiger partial charge on any atom is 0.0945 e. The van der Waals surface area contributed by atoms with E-state index in [0.29, 0.717) is 16.9 Å². The van der Waals surface area contributed by atoms with Gasteiger partial charge in [0.05, 0.1) is 12.4 Å². The second-order valence-electron chi connectivity index (χ2n) is 11.2. The van der Waals surface area contributed by atoms with Crippen molar-refractivity contribution >= 4 is 0 Å². The van der Waals surface area contributed by atoms with Crippen LogP contribution in [-0.2, 0) is 11.3 Å². The summed E-state index contributed by atoms with van der Waals surface area (Å²) in [5.41, 5.74) is 2.59. The molecule has 160 valence electrons. The molecule has 0 bridgehead atoms. The Morgan fingerprint density at radius 3 is 2.86 bits per heavy atom. The molecule has 0 aromatic carbocycles. The highest BCUT2D eigenvalue weighted by Crippen LogP contribution is 2.67. The zero-order valence-electron chi connectivity index (χ0n) is 18.6. The SMILES string of the molecule is C=C1CCC2C3CCC4C[C@@H](OCCCn5ccnc5)CC[C@]4(C)C3CC[C@]12C. The Kier molecular flexibility index (Phi) is 5.17. The third-order valence-electron chi connectivity index (χ3n) is 10.0. The summed E-state index contributed by atoms with van der Waals surface area (Å²) < 4.78 is 8.52. The maximum atomic E-state index is 6.37. The van der Waals surface area contributed by atoms with Crippen molar-refractivity contribution in [2.45, 2.75) is 90.7 Å². The Labute approximate surface area is 177 Å². The van der Waals surface area contributed by atoms with Crippen molar-refractivity contribution in [1.29, 1.82) is 0 Å². The number of allylic oxidation sites excluding steroid dienone is 1. The summed E-state index contributed by atoms with van der Waals surface area (Å²) in [5.74, 6) is 3.71. The Balaban J connectivity index is 1.18. The first-order valence-corrected chi connectivity index (χ1v) is 12.3. The number of nitrogens with zero attached hydrogens (tertiary/aromatic N) is 2. The van der Waals surface area contributed by atoms with Crippen molar-refractivity contribution in [3.8, 4) is 0 Å². The average Bonchev–Trinajstić information content (AvgIpc) is 3.33. The molecule has 3 nitrogen and oxygen atoms in total. The number of imidazole rings is 1. The largest absolute Gasteiger partial charge is 0.378 e. The van der Waals surface area contributed by atoms with E-state index in [1.54, 1.807) is 5.57 Å². The molecule has 29 heavy (non-hydrogen) atoms. The van der Waals surface area contributed by atoms with E-state index in [9.17, 15) is 0 Å². The molecule has 0 radical (unpaired) electrons. The molecular formula is C26H40N2O. The highest BCUT2D eigenvalue weighted by atomic mass is 16.5. The van der Waals surface area contributed by atoms with Gasteiger partial charge < -0.3 is 9.30 Å². The summed E-state index contributed by atoms with van der Waals surface area (Å²) in [6.07, 6.45) is 19.8. The Morgan fingerprint density at radius 1 is 1.14 bits per heavy atom. The van der Waals surface area contributed by atoms with Gasteiger partial charge in [-0.3, -0.25) is 0 Å². The molecule has 4 unspecified atom stereocenters. The predicted molar refractivity (Wildman–Crippen MR) is 117 cm³/mol. The molecule has 4 saturated carbocycles. The van der Waals surface area contributed by atoms with E-state index >= 15 is 0 Å². The lowest BCUT2D eigenvalue weighted by Gasteiger charge is -2.60. The van der Waals surface area contributed by atoms with Crippen LogP contribution in [0, 0.1) is 34.5 Å². The highest BCUT2D eigenvalue weighted by molar-refractivity contribution is 5.21. The molecule has 0 N–H and O–H groups in total. The molecule has 4 aliphatic rings. The molecule has 0 aliphatic heterocycles. The minimum atomic E-state index is 0.458. The van der Waals surface area contributed by atoms with Gasteiger partial charge in [-0.05, 0) is 98.7 Å². The predicted octanol–water partition coefficient (Wildman–Crippen LogP) is 6.26. The summed E-state index contributed by atoms with van der Waals surface area (Å²) in [6, 6.07) is 0. The lowest BCUT2D eigenvalue weighted by atomic mass is 9.45. The van der Waals surface area contributed by atoms with Crippen LogP contribution in [-0.4, -0.2) is 22.3 Å². The first kappa shape index (κ1) is 19.8. The van der Waals surface area contributed by atoms with E-state index in [1.165, 1.54) is 57.8 Å². The van der Waals surface area contributed by atoms with Crippen LogP contribution in [0.5, 0.6) is 0 Å². The van der Waals surface area contributed by atoms with Crippen molar-refractivity contribution in [1.82, 2.24) is 9.55 Å². The quantitative estimate of drug-likeness (QED) is 0.434. The normalized spacial score (nSPS) is 44.2. The van der Waals surface area contributed by atoms with E-state index in [2.05, 4.69) is 30.0 Å². The number of rotatable bonds is 5. The van der Waals surface area contributed by atoms with Crippen LogP contribution in [0.15, 0.2) is 30.9 Å². The van der Waals surface area contributed by atoms with Gasteiger partial charge in [0.2, 0.25) is 0 Å². The monoisotopic (exact) mass is 396 g/mol. The van der Waals surface area contributed by atoms with Crippen LogP contribution in [0.25, 0.3) is 0 Å². The fraction of sp³-hybridized carbons (Fsp3) is 0.808. The molecule has 1 aromatic rings. The molecule has 3 heteroatoms. The summed E-state index contributed by atoms with van der Waals surface area (Å²) >= 11 is 0. The zero-order chi connectivity index (χ0) is 20.1. The van der Waals surface area contributed by atoms with Crippen LogP contribution in [0.3, 0.4) is 0 Å². The van der Waals surface area contributed by atoms with Gasteiger partial charge in [-0.25, -0.2) is 4.98 Å². The summed E-state index contributed by atoms with van der Waals surface area (Å²) in [5, 5.41) is 0. The van der Waals surface area contributed by atoms with Gasteiger partial charge in [-0.2, -0.15) is 0 Å². The van der Waals surface area contributed by atoms with Crippen molar-refractivity contribution < 1.29 is 4.74 Å². The van der Waals surface area contributed by atoms with Crippen molar-refractivity contribution in [3.05, 3.63) is 30.9 Å². The molecule has 0 saturated heterocycles. The molecule has 7 atom stereocenters. The molecular weight excluding hydrogens is 356 g/mol. The Hall–Kier alpha value is -1.09. The minimum Gasteiger partial charge on any atom is -0.378 e. The summed E-state index contributed by atoms with van der Waals surface area (Å²) in [6.45, 7) is 11.6. The molecule has 0 spiro atoms. The first-order valence-electron chi connectivity index (χ1n) is 12.3. The van der Waals surface area contributed by atoms with Crippen LogP contribution in [0.4, 0.5) is 0 Å². The van der Waals surface area contributed by atoms with Crippen LogP contribution < -0.4 is 0 Å². The molecule has 4 aliphatic carbocycles. The van der Waals surface area contributed by atoms with Gasteiger partial charge in [-0.15, -0.1) is 0 Å². The maximum absolute atomic E-state index is 6.37. The highest BCUT2D eigenvalue weighted by Gasteiger charge is 2.58. The van der Waals surface area contributed by atoms with E-state index in [-0.39, 0.29) is 0 Å². The lowest BCUT2D eigenvalue weighted by Crippen LogP contribution is -2.53. The van der Waals surface area contributed by atoms with Gasteiger partial charge in [-0.1, -0.05) is 26.0 Å². The van der Waals surface area contributed by atoms with Gasteiger partial charge in [0, 0.05) is 25.5 Å². The fourth-order valence-electron chi connectivity index (χ4n) is 8.19. The average molecular weight is 397 g/mol. The van der Waals surface area contributed by atoms with E-state index in [1.807, 2.05) is 18.7 Å². The standard InChI is InChI=1S/C26H40N2O/c1-19-5-8-23-22-7-6-20-17-21(29-16-4-14-28-15-13-27-18-28)9-11-26(20,3)24(22)10-12-25(19,23)2/h13,15,18,20-24H,1,4-12,14,16-17H2,2-3H3/t20?,21-,22?,23?,24?,25+,26-/m0/s1.